The largest absolute Gasteiger partial charge is 0.482 e. The highest BCUT2D eigenvalue weighted by Gasteiger charge is 2.35. The number of morpholine rings is 1. The molecule has 0 saturated carbocycles. The molecule has 7 heteroatoms. The maximum atomic E-state index is 12.9. The Labute approximate surface area is 175 Å². The number of nitrogens with one attached hydrogen (secondary N) is 1. The van der Waals surface area contributed by atoms with Crippen LogP contribution in [0.3, 0.4) is 0 Å². The number of ether oxygens (including phenoxy) is 3. The fourth-order valence-corrected chi connectivity index (χ4v) is 4.04. The molecule has 2 heterocycles. The monoisotopic (exact) mass is 416 g/mol. The summed E-state index contributed by atoms with van der Waals surface area (Å²) in [6, 6.07) is 15.1. The van der Waals surface area contributed by atoms with Gasteiger partial charge in [0, 0.05) is 24.7 Å². The van der Waals surface area contributed by atoms with Gasteiger partial charge in [0.25, 0.3) is 5.91 Å². The number of rotatable bonds is 5. The number of hydrogen-bond acceptors (Lipinski definition) is 5. The number of nitrogens with zero attached hydrogens (tertiary/aromatic N) is 1. The normalized spacial score (nSPS) is 22.7. The first-order chi connectivity index (χ1) is 14.1. The Hall–Kier alpha value is -2.28. The zero-order chi connectivity index (χ0) is 20.2. The van der Waals surface area contributed by atoms with Gasteiger partial charge in [-0.15, -0.1) is 0 Å². The Morgan fingerprint density at radius 3 is 2.48 bits per heavy atom. The molecule has 2 aliphatic rings. The molecule has 1 amide bonds. The molecule has 0 radical (unpaired) electrons. The molecule has 3 unspecified atom stereocenters. The van der Waals surface area contributed by atoms with Crippen molar-refractivity contribution in [3.05, 3.63) is 59.1 Å². The second kappa shape index (κ2) is 9.03. The lowest BCUT2D eigenvalue weighted by molar-refractivity contribution is -0.133. The fourth-order valence-electron chi connectivity index (χ4n) is 3.77. The van der Waals surface area contributed by atoms with Crippen LogP contribution in [-0.4, -0.2) is 55.9 Å². The molecule has 4 rings (SSSR count). The molecule has 29 heavy (non-hydrogen) atoms. The van der Waals surface area contributed by atoms with Gasteiger partial charge in [0.15, 0.2) is 11.5 Å². The quantitative estimate of drug-likeness (QED) is 0.811. The van der Waals surface area contributed by atoms with E-state index in [1.807, 2.05) is 55.5 Å². The maximum Gasteiger partial charge on any atom is 0.265 e. The number of halogens is 1. The third-order valence-electron chi connectivity index (χ3n) is 5.32. The smallest absolute Gasteiger partial charge is 0.265 e. The average Bonchev–Trinajstić information content (AvgIpc) is 2.75. The molecule has 6 nitrogen and oxygen atoms in total. The first kappa shape index (κ1) is 20.0. The SMILES string of the molecule is CC1Oc2ccccc2OC1C(=O)NCC(c1ccccc1Cl)N1CCOCC1. The van der Waals surface area contributed by atoms with Crippen molar-refractivity contribution in [1.82, 2.24) is 10.2 Å². The number of para-hydroxylation sites is 2. The van der Waals surface area contributed by atoms with Crippen LogP contribution in [0.5, 0.6) is 11.5 Å². The van der Waals surface area contributed by atoms with Gasteiger partial charge in [-0.2, -0.15) is 0 Å². The molecule has 1 N–H and O–H groups in total. The summed E-state index contributed by atoms with van der Waals surface area (Å²) in [6.07, 6.45) is -1.09. The van der Waals surface area contributed by atoms with E-state index in [-0.39, 0.29) is 18.1 Å². The van der Waals surface area contributed by atoms with Crippen LogP contribution in [-0.2, 0) is 9.53 Å². The van der Waals surface area contributed by atoms with Crippen molar-refractivity contribution in [3.63, 3.8) is 0 Å². The van der Waals surface area contributed by atoms with Crippen LogP contribution < -0.4 is 14.8 Å². The second-order valence-corrected chi connectivity index (χ2v) is 7.65. The lowest BCUT2D eigenvalue weighted by atomic mass is 10.0. The van der Waals surface area contributed by atoms with Crippen molar-refractivity contribution < 1.29 is 19.0 Å². The summed E-state index contributed by atoms with van der Waals surface area (Å²) in [7, 11) is 0. The van der Waals surface area contributed by atoms with Crippen LogP contribution in [0.4, 0.5) is 0 Å². The fraction of sp³-hybridized carbons (Fsp3) is 0.409. The van der Waals surface area contributed by atoms with Gasteiger partial charge in [-0.3, -0.25) is 9.69 Å². The molecule has 2 aliphatic heterocycles. The van der Waals surface area contributed by atoms with E-state index in [2.05, 4.69) is 10.2 Å². The third kappa shape index (κ3) is 4.50. The van der Waals surface area contributed by atoms with Crippen LogP contribution in [0, 0.1) is 0 Å². The van der Waals surface area contributed by atoms with Crippen molar-refractivity contribution in [2.75, 3.05) is 32.8 Å². The summed E-state index contributed by atoms with van der Waals surface area (Å²) in [4.78, 5) is 15.2. The number of benzene rings is 2. The minimum absolute atomic E-state index is 0.0383. The number of carbonyl (C=O) groups excluding carboxylic acids is 1. The Balaban J connectivity index is 1.47. The lowest BCUT2D eigenvalue weighted by Crippen LogP contribution is -2.51. The highest BCUT2D eigenvalue weighted by molar-refractivity contribution is 6.31. The summed E-state index contributed by atoms with van der Waals surface area (Å²) in [5.74, 6) is 1.05. The zero-order valence-electron chi connectivity index (χ0n) is 16.3. The zero-order valence-corrected chi connectivity index (χ0v) is 17.1. The maximum absolute atomic E-state index is 12.9. The van der Waals surface area contributed by atoms with Gasteiger partial charge < -0.3 is 19.5 Å². The van der Waals surface area contributed by atoms with Gasteiger partial charge in [-0.25, -0.2) is 0 Å². The molecule has 0 bridgehead atoms. The van der Waals surface area contributed by atoms with E-state index < -0.39 is 6.10 Å². The van der Waals surface area contributed by atoms with Crippen molar-refractivity contribution in [1.29, 1.82) is 0 Å². The number of amides is 1. The molecule has 0 aliphatic carbocycles. The van der Waals surface area contributed by atoms with Crippen LogP contribution in [0.1, 0.15) is 18.5 Å². The highest BCUT2D eigenvalue weighted by atomic mass is 35.5. The van der Waals surface area contributed by atoms with E-state index in [1.165, 1.54) is 0 Å². The third-order valence-corrected chi connectivity index (χ3v) is 5.67. The highest BCUT2D eigenvalue weighted by Crippen LogP contribution is 2.33. The van der Waals surface area contributed by atoms with E-state index in [4.69, 9.17) is 25.8 Å². The summed E-state index contributed by atoms with van der Waals surface area (Å²) < 4.78 is 17.3. The molecule has 2 aromatic rings. The van der Waals surface area contributed by atoms with E-state index in [0.29, 0.717) is 36.3 Å². The lowest BCUT2D eigenvalue weighted by Gasteiger charge is -2.36. The molecular weight excluding hydrogens is 392 g/mol. The molecule has 154 valence electrons. The first-order valence-electron chi connectivity index (χ1n) is 9.90. The summed E-state index contributed by atoms with van der Waals surface area (Å²) in [6.45, 7) is 5.19. The van der Waals surface area contributed by atoms with Crippen molar-refractivity contribution in [2.24, 2.45) is 0 Å². The minimum atomic E-state index is -0.707. The Morgan fingerprint density at radius 1 is 1.10 bits per heavy atom. The predicted molar refractivity (Wildman–Crippen MR) is 111 cm³/mol. The van der Waals surface area contributed by atoms with Crippen LogP contribution in [0.15, 0.2) is 48.5 Å². The summed E-state index contributed by atoms with van der Waals surface area (Å²) in [5, 5.41) is 3.74. The van der Waals surface area contributed by atoms with Crippen molar-refractivity contribution in [3.8, 4) is 11.5 Å². The standard InChI is InChI=1S/C22H25ClN2O4/c1-15-21(29-20-9-5-4-8-19(20)28-15)22(26)24-14-18(25-10-12-27-13-11-25)16-6-2-3-7-17(16)23/h2-9,15,18,21H,10-14H2,1H3,(H,24,26). The molecular formula is C22H25ClN2O4. The predicted octanol–water partition coefficient (Wildman–Crippen LogP) is 3.06. The van der Waals surface area contributed by atoms with Gasteiger partial charge in [0.1, 0.15) is 6.10 Å². The van der Waals surface area contributed by atoms with Gasteiger partial charge in [0.2, 0.25) is 6.10 Å². The topological polar surface area (TPSA) is 60.0 Å². The van der Waals surface area contributed by atoms with Crippen LogP contribution >= 0.6 is 11.6 Å². The van der Waals surface area contributed by atoms with Gasteiger partial charge in [0.05, 0.1) is 19.3 Å². The Kier molecular flexibility index (Phi) is 6.23. The van der Waals surface area contributed by atoms with Crippen LogP contribution in [0.25, 0.3) is 0 Å². The van der Waals surface area contributed by atoms with E-state index in [0.717, 1.165) is 18.7 Å². The van der Waals surface area contributed by atoms with Gasteiger partial charge in [-0.05, 0) is 30.7 Å². The van der Waals surface area contributed by atoms with E-state index in [9.17, 15) is 4.79 Å². The molecule has 0 aromatic heterocycles. The molecule has 0 spiro atoms. The summed E-state index contributed by atoms with van der Waals surface area (Å²) >= 11 is 6.47. The number of carbonyl (C=O) groups is 1. The second-order valence-electron chi connectivity index (χ2n) is 7.24. The molecule has 3 atom stereocenters. The number of fused-ring (bicyclic) bond motifs is 1. The number of hydrogen-bond donors (Lipinski definition) is 1. The molecule has 1 fully saturated rings. The van der Waals surface area contributed by atoms with Crippen molar-refractivity contribution >= 4 is 17.5 Å². The molecule has 2 aromatic carbocycles. The van der Waals surface area contributed by atoms with Gasteiger partial charge in [-0.1, -0.05) is 41.9 Å². The minimum Gasteiger partial charge on any atom is -0.482 e. The van der Waals surface area contributed by atoms with E-state index >= 15 is 0 Å². The van der Waals surface area contributed by atoms with Crippen LogP contribution in [0.2, 0.25) is 5.02 Å². The Morgan fingerprint density at radius 2 is 1.76 bits per heavy atom. The first-order valence-corrected chi connectivity index (χ1v) is 10.3. The average molecular weight is 417 g/mol. The van der Waals surface area contributed by atoms with Crippen molar-refractivity contribution in [2.45, 2.75) is 25.2 Å². The van der Waals surface area contributed by atoms with Gasteiger partial charge >= 0.3 is 0 Å². The molecule has 1 saturated heterocycles. The summed E-state index contributed by atoms with van der Waals surface area (Å²) in [5.41, 5.74) is 0.996. The Bertz CT molecular complexity index is 856. The van der Waals surface area contributed by atoms with E-state index in [1.54, 1.807) is 0 Å².